The molecule has 3 aromatic rings. The summed E-state index contributed by atoms with van der Waals surface area (Å²) < 4.78 is 60.8. The van der Waals surface area contributed by atoms with Crippen LogP contribution < -0.4 is 10.1 Å². The van der Waals surface area contributed by atoms with Crippen LogP contribution in [0.15, 0.2) is 71.8 Å². The molecule has 2 fully saturated rings. The van der Waals surface area contributed by atoms with Crippen molar-refractivity contribution in [2.45, 2.75) is 64.0 Å². The molecule has 5 rings (SSSR count). The molecule has 1 amide bonds. The van der Waals surface area contributed by atoms with Gasteiger partial charge in [0.2, 0.25) is 0 Å². The first-order chi connectivity index (χ1) is 22.2. The van der Waals surface area contributed by atoms with Gasteiger partial charge in [-0.2, -0.15) is 0 Å². The number of ether oxygens (including phenoxy) is 1. The first-order valence-electron chi connectivity index (χ1n) is 15.8. The summed E-state index contributed by atoms with van der Waals surface area (Å²) >= 11 is 0. The molecule has 0 aromatic heterocycles. The first-order valence-corrected chi connectivity index (χ1v) is 15.8. The highest BCUT2D eigenvalue weighted by Gasteiger charge is 2.29. The molecule has 2 saturated carbocycles. The normalized spacial score (nSPS) is 19.2. The van der Waals surface area contributed by atoms with E-state index in [4.69, 9.17) is 4.74 Å². The van der Waals surface area contributed by atoms with Crippen LogP contribution in [0.25, 0.3) is 12.2 Å². The standard InChI is InChI=1S/C37H38F4N2O3/c1-2-43(30-6-4-3-5-7-30)16-17-46-31-12-10-26(11-13-31)37(45)42-29-22-27(18-24-8-14-32(38)34(40)20-24)36(44)28(23-29)19-25-9-15-33(39)35(41)21-25/h8-15,18-21,29-30H,2-7,16-17,22-23H2,1H3,(H,42,45)/b27-18+,28-19+. The Hall–Kier alpha value is -4.24. The lowest BCUT2D eigenvalue weighted by Crippen LogP contribution is -2.39. The van der Waals surface area contributed by atoms with Gasteiger partial charge < -0.3 is 10.1 Å². The Balaban J connectivity index is 1.27. The van der Waals surface area contributed by atoms with Gasteiger partial charge in [0.25, 0.3) is 5.91 Å². The van der Waals surface area contributed by atoms with Crippen molar-refractivity contribution in [2.75, 3.05) is 19.7 Å². The van der Waals surface area contributed by atoms with Gasteiger partial charge in [0.15, 0.2) is 29.1 Å². The number of carbonyl (C=O) groups excluding carboxylic acids is 2. The predicted molar refractivity (Wildman–Crippen MR) is 170 cm³/mol. The number of halogens is 4. The number of amides is 1. The molecule has 2 aliphatic carbocycles. The number of likely N-dealkylation sites (N-methyl/N-ethyl adjacent to an activating group) is 1. The molecule has 5 nitrogen and oxygen atoms in total. The maximum absolute atomic E-state index is 13.9. The van der Waals surface area contributed by atoms with E-state index in [0.717, 1.165) is 37.4 Å². The maximum Gasteiger partial charge on any atom is 0.251 e. The van der Waals surface area contributed by atoms with Crippen molar-refractivity contribution in [3.63, 3.8) is 0 Å². The molecule has 0 spiro atoms. The topological polar surface area (TPSA) is 58.6 Å². The molecule has 0 heterocycles. The van der Waals surface area contributed by atoms with Crippen LogP contribution in [0.5, 0.6) is 5.75 Å². The summed E-state index contributed by atoms with van der Waals surface area (Å²) in [5.74, 6) is -4.22. The van der Waals surface area contributed by atoms with E-state index in [2.05, 4.69) is 17.1 Å². The number of benzene rings is 3. The van der Waals surface area contributed by atoms with Gasteiger partial charge in [0, 0.05) is 35.3 Å². The number of hydrogen-bond donors (Lipinski definition) is 1. The summed E-state index contributed by atoms with van der Waals surface area (Å²) in [5.41, 5.74) is 1.47. The lowest BCUT2D eigenvalue weighted by atomic mass is 9.83. The van der Waals surface area contributed by atoms with Gasteiger partial charge in [-0.05, 0) is 104 Å². The molecule has 0 unspecified atom stereocenters. The second kappa shape index (κ2) is 15.4. The number of carbonyl (C=O) groups is 2. The molecule has 1 N–H and O–H groups in total. The molecule has 3 aromatic carbocycles. The number of ketones is 1. The van der Waals surface area contributed by atoms with Crippen LogP contribution in [0.4, 0.5) is 17.6 Å². The monoisotopic (exact) mass is 634 g/mol. The minimum absolute atomic E-state index is 0.134. The van der Waals surface area contributed by atoms with Gasteiger partial charge >= 0.3 is 0 Å². The highest BCUT2D eigenvalue weighted by atomic mass is 19.2. The molecule has 46 heavy (non-hydrogen) atoms. The van der Waals surface area contributed by atoms with Crippen LogP contribution >= 0.6 is 0 Å². The number of nitrogens with one attached hydrogen (secondary N) is 1. The van der Waals surface area contributed by atoms with Crippen LogP contribution in [0.1, 0.15) is 73.4 Å². The molecule has 0 saturated heterocycles. The van der Waals surface area contributed by atoms with Crippen LogP contribution in [0.3, 0.4) is 0 Å². The van der Waals surface area contributed by atoms with Crippen molar-refractivity contribution in [2.24, 2.45) is 0 Å². The van der Waals surface area contributed by atoms with Crippen molar-refractivity contribution >= 4 is 23.8 Å². The fraction of sp³-hybridized carbons (Fsp3) is 0.351. The lowest BCUT2D eigenvalue weighted by molar-refractivity contribution is -0.113. The summed E-state index contributed by atoms with van der Waals surface area (Å²) in [6, 6.07) is 13.5. The van der Waals surface area contributed by atoms with E-state index >= 15 is 0 Å². The average molecular weight is 635 g/mol. The summed E-state index contributed by atoms with van der Waals surface area (Å²) in [6.07, 6.45) is 9.50. The van der Waals surface area contributed by atoms with E-state index in [9.17, 15) is 27.2 Å². The summed E-state index contributed by atoms with van der Waals surface area (Å²) in [7, 11) is 0. The summed E-state index contributed by atoms with van der Waals surface area (Å²) in [4.78, 5) is 29.1. The summed E-state index contributed by atoms with van der Waals surface area (Å²) in [6.45, 7) is 4.54. The SMILES string of the molecule is CCN(CCOc1ccc(C(=O)NC2C/C(=C\c3ccc(F)c(F)c3)C(=O)/C(=C/c3ccc(F)c(F)c3)C2)cc1)C1CCCCC1. The van der Waals surface area contributed by atoms with Crippen molar-refractivity contribution in [3.05, 3.63) is 112 Å². The van der Waals surface area contributed by atoms with Crippen LogP contribution in [0.2, 0.25) is 0 Å². The zero-order valence-electron chi connectivity index (χ0n) is 25.8. The Morgan fingerprint density at radius 3 is 1.91 bits per heavy atom. The molecule has 0 atom stereocenters. The molecule has 0 aliphatic heterocycles. The Labute approximate surface area is 266 Å². The van der Waals surface area contributed by atoms with Crippen molar-refractivity contribution < 1.29 is 31.9 Å². The Bertz CT molecular complexity index is 1540. The Morgan fingerprint density at radius 2 is 1.39 bits per heavy atom. The Kier molecular flexibility index (Phi) is 11.1. The minimum Gasteiger partial charge on any atom is -0.492 e. The average Bonchev–Trinajstić information content (AvgIpc) is 3.05. The highest BCUT2D eigenvalue weighted by Crippen LogP contribution is 2.30. The molecule has 242 valence electrons. The van der Waals surface area contributed by atoms with E-state index in [0.29, 0.717) is 24.0 Å². The highest BCUT2D eigenvalue weighted by molar-refractivity contribution is 6.14. The second-order valence-corrected chi connectivity index (χ2v) is 11.9. The number of hydrogen-bond acceptors (Lipinski definition) is 4. The fourth-order valence-corrected chi connectivity index (χ4v) is 6.25. The second-order valence-electron chi connectivity index (χ2n) is 11.9. The number of nitrogens with zero attached hydrogens (tertiary/aromatic N) is 1. The number of Topliss-reactive ketones (excluding diaryl/α,β-unsaturated/α-hetero) is 1. The van der Waals surface area contributed by atoms with E-state index in [1.807, 2.05) is 0 Å². The van der Waals surface area contributed by atoms with Crippen molar-refractivity contribution in [1.29, 1.82) is 0 Å². The van der Waals surface area contributed by atoms with Gasteiger partial charge in [-0.1, -0.05) is 38.3 Å². The molecule has 2 aliphatic rings. The third-order valence-electron chi connectivity index (χ3n) is 8.68. The van der Waals surface area contributed by atoms with Gasteiger partial charge in [-0.3, -0.25) is 14.5 Å². The quantitative estimate of drug-likeness (QED) is 0.182. The smallest absolute Gasteiger partial charge is 0.251 e. The van der Waals surface area contributed by atoms with E-state index in [-0.39, 0.29) is 46.8 Å². The van der Waals surface area contributed by atoms with Crippen molar-refractivity contribution in [1.82, 2.24) is 10.2 Å². The zero-order chi connectivity index (χ0) is 32.6. The fourth-order valence-electron chi connectivity index (χ4n) is 6.25. The number of rotatable bonds is 10. The molecule has 0 radical (unpaired) electrons. The van der Waals surface area contributed by atoms with E-state index in [1.165, 1.54) is 56.4 Å². The van der Waals surface area contributed by atoms with E-state index in [1.54, 1.807) is 24.3 Å². The van der Waals surface area contributed by atoms with Gasteiger partial charge in [-0.25, -0.2) is 17.6 Å². The van der Waals surface area contributed by atoms with Crippen LogP contribution in [0, 0.1) is 23.3 Å². The summed E-state index contributed by atoms with van der Waals surface area (Å²) in [5, 5.41) is 2.96. The Morgan fingerprint density at radius 1 is 0.826 bits per heavy atom. The lowest BCUT2D eigenvalue weighted by Gasteiger charge is -2.33. The third-order valence-corrected chi connectivity index (χ3v) is 8.68. The van der Waals surface area contributed by atoms with E-state index < -0.39 is 29.3 Å². The predicted octanol–water partition coefficient (Wildman–Crippen LogP) is 7.90. The molecular formula is C37H38F4N2O3. The zero-order valence-corrected chi connectivity index (χ0v) is 25.8. The van der Waals surface area contributed by atoms with Crippen molar-refractivity contribution in [3.8, 4) is 5.75 Å². The molecular weight excluding hydrogens is 596 g/mol. The van der Waals surface area contributed by atoms with Crippen LogP contribution in [-0.4, -0.2) is 48.4 Å². The molecule has 9 heteroatoms. The van der Waals surface area contributed by atoms with Gasteiger partial charge in [0.1, 0.15) is 12.4 Å². The minimum atomic E-state index is -1.06. The van der Waals surface area contributed by atoms with Gasteiger partial charge in [0.05, 0.1) is 0 Å². The van der Waals surface area contributed by atoms with Crippen LogP contribution in [-0.2, 0) is 4.79 Å². The maximum atomic E-state index is 13.9. The first kappa shape index (κ1) is 33.1. The third kappa shape index (κ3) is 8.51. The largest absolute Gasteiger partial charge is 0.492 e. The molecule has 0 bridgehead atoms. The van der Waals surface area contributed by atoms with Gasteiger partial charge in [-0.15, -0.1) is 0 Å².